The molecule has 0 amide bonds. The van der Waals surface area contributed by atoms with Crippen LogP contribution in [0.15, 0.2) is 115 Å². The molecule has 5 atom stereocenters. The Balaban J connectivity index is 1.51. The van der Waals surface area contributed by atoms with Gasteiger partial charge in [0.1, 0.15) is 12.7 Å². The number of methoxy groups -OCH3 is 1. The molecule has 254 valence electrons. The van der Waals surface area contributed by atoms with E-state index in [4.69, 9.17) is 28.4 Å². The minimum atomic E-state index is -1.50. The van der Waals surface area contributed by atoms with Crippen LogP contribution in [0.5, 0.6) is 0 Å². The Hall–Kier alpha value is -3.40. The van der Waals surface area contributed by atoms with Gasteiger partial charge >= 0.3 is 23.9 Å². The van der Waals surface area contributed by atoms with Crippen LogP contribution in [0.1, 0.15) is 41.4 Å². The molecule has 49 heavy (non-hydrogen) atoms. The van der Waals surface area contributed by atoms with Crippen LogP contribution in [-0.4, -0.2) is 68.3 Å². The zero-order valence-electron chi connectivity index (χ0n) is 25.4. The highest BCUT2D eigenvalue weighted by atomic mass is 79.9. The Morgan fingerprint density at radius 3 is 1.20 bits per heavy atom. The fraction of sp³-hybridized carbons (Fsp3) is 0.200. The number of rotatable bonds is 10. The summed E-state index contributed by atoms with van der Waals surface area (Å²) in [6, 6.07) is 25.6. The quantitative estimate of drug-likeness (QED) is 0.114. The van der Waals surface area contributed by atoms with Crippen LogP contribution >= 0.6 is 63.7 Å². The van der Waals surface area contributed by atoms with E-state index in [1.54, 1.807) is 60.7 Å². The van der Waals surface area contributed by atoms with Crippen LogP contribution in [0.2, 0.25) is 0 Å². The van der Waals surface area contributed by atoms with Crippen molar-refractivity contribution >= 4 is 87.6 Å². The molecule has 0 bridgehead atoms. The van der Waals surface area contributed by atoms with E-state index in [0.717, 1.165) is 17.9 Å². The zero-order valence-corrected chi connectivity index (χ0v) is 31.8. The fourth-order valence-electron chi connectivity index (χ4n) is 4.76. The molecule has 0 N–H and O–H groups in total. The molecule has 1 fully saturated rings. The number of ether oxygens (including phenoxy) is 6. The van der Waals surface area contributed by atoms with Crippen molar-refractivity contribution in [1.29, 1.82) is 0 Å². The van der Waals surface area contributed by atoms with Gasteiger partial charge < -0.3 is 28.4 Å². The van der Waals surface area contributed by atoms with E-state index in [1.807, 2.05) is 0 Å². The van der Waals surface area contributed by atoms with Gasteiger partial charge in [0, 0.05) is 25.0 Å². The topological polar surface area (TPSA) is 124 Å². The molecule has 1 saturated heterocycles. The predicted molar refractivity (Wildman–Crippen MR) is 190 cm³/mol. The van der Waals surface area contributed by atoms with E-state index < -0.39 is 61.2 Å². The predicted octanol–water partition coefficient (Wildman–Crippen LogP) is 7.94. The first-order chi connectivity index (χ1) is 23.5. The third kappa shape index (κ3) is 9.65. The molecule has 10 nitrogen and oxygen atoms in total. The lowest BCUT2D eigenvalue weighted by molar-refractivity contribution is -0.291. The second-order valence-corrected chi connectivity index (χ2v) is 14.2. The summed E-state index contributed by atoms with van der Waals surface area (Å²) in [5, 5.41) is 0. The van der Waals surface area contributed by atoms with E-state index in [9.17, 15) is 19.2 Å². The average Bonchev–Trinajstić information content (AvgIpc) is 3.10. The van der Waals surface area contributed by atoms with Gasteiger partial charge in [-0.05, 0) is 97.1 Å². The number of benzene rings is 4. The van der Waals surface area contributed by atoms with Crippen LogP contribution < -0.4 is 0 Å². The molecular weight excluding hydrogens is 900 g/mol. The molecule has 0 unspecified atom stereocenters. The largest absolute Gasteiger partial charge is 0.459 e. The number of carbonyl (C=O) groups excluding carboxylic acids is 4. The maximum atomic E-state index is 13.6. The van der Waals surface area contributed by atoms with Gasteiger partial charge in [0.2, 0.25) is 0 Å². The first-order valence-electron chi connectivity index (χ1n) is 14.5. The van der Waals surface area contributed by atoms with Crippen molar-refractivity contribution in [3.8, 4) is 0 Å². The lowest BCUT2D eigenvalue weighted by atomic mass is 9.97. The summed E-state index contributed by atoms with van der Waals surface area (Å²) in [5.74, 6) is -3.08. The summed E-state index contributed by atoms with van der Waals surface area (Å²) in [7, 11) is 1.30. The summed E-state index contributed by atoms with van der Waals surface area (Å²) in [5.41, 5.74) is 0.775. The first-order valence-corrected chi connectivity index (χ1v) is 17.7. The standard InChI is InChI=1S/C35H26Br4O10/c1-44-35-30(49-34(43)22-8-16-26(39)17-9-22)29(48-33(42)21-6-14-25(38)15-7-21)28(47-32(41)20-4-12-24(37)13-5-20)27(46-35)18-45-31(40)19-2-10-23(36)11-3-19/h2-17,27-30,35H,18H2,1H3/t27-,28-,29+,30-,35+/m1/s1. The fourth-order valence-corrected chi connectivity index (χ4v) is 5.82. The van der Waals surface area contributed by atoms with E-state index in [0.29, 0.717) is 0 Å². The Kier molecular flexibility index (Phi) is 12.8. The normalized spacial score (nSPS) is 20.1. The summed E-state index contributed by atoms with van der Waals surface area (Å²) in [6.45, 7) is -0.452. The van der Waals surface area contributed by atoms with Gasteiger partial charge in [-0.2, -0.15) is 0 Å². The highest BCUT2D eigenvalue weighted by Crippen LogP contribution is 2.32. The Morgan fingerprint density at radius 1 is 0.510 bits per heavy atom. The van der Waals surface area contributed by atoms with E-state index in [2.05, 4.69) is 63.7 Å². The van der Waals surface area contributed by atoms with Crippen molar-refractivity contribution in [2.24, 2.45) is 0 Å². The molecular formula is C35H26Br4O10. The van der Waals surface area contributed by atoms with Crippen LogP contribution in [0, 0.1) is 0 Å². The van der Waals surface area contributed by atoms with Gasteiger partial charge in [-0.3, -0.25) is 0 Å². The number of hydrogen-bond acceptors (Lipinski definition) is 10. The average molecular weight is 926 g/mol. The van der Waals surface area contributed by atoms with Gasteiger partial charge in [-0.15, -0.1) is 0 Å². The Labute approximate surface area is 314 Å². The van der Waals surface area contributed by atoms with Crippen molar-refractivity contribution in [2.75, 3.05) is 13.7 Å². The van der Waals surface area contributed by atoms with Gasteiger partial charge in [-0.1, -0.05) is 63.7 Å². The SMILES string of the molecule is CO[C@H]1O[C@H](COC(=O)c2ccc(Br)cc2)[C@@H](OC(=O)c2ccc(Br)cc2)[C@H](OC(=O)c2ccc(Br)cc2)[C@H]1OC(=O)c1ccc(Br)cc1. The van der Waals surface area contributed by atoms with Gasteiger partial charge in [0.25, 0.3) is 0 Å². The highest BCUT2D eigenvalue weighted by Gasteiger charge is 2.53. The molecule has 0 aliphatic carbocycles. The van der Waals surface area contributed by atoms with Crippen molar-refractivity contribution in [3.05, 3.63) is 137 Å². The van der Waals surface area contributed by atoms with E-state index in [1.165, 1.54) is 43.5 Å². The molecule has 0 aromatic heterocycles. The first kappa shape index (κ1) is 36.9. The molecule has 1 aliphatic rings. The van der Waals surface area contributed by atoms with Crippen molar-refractivity contribution in [1.82, 2.24) is 0 Å². The highest BCUT2D eigenvalue weighted by molar-refractivity contribution is 9.11. The molecule has 0 radical (unpaired) electrons. The van der Waals surface area contributed by atoms with Gasteiger partial charge in [0.15, 0.2) is 24.6 Å². The maximum Gasteiger partial charge on any atom is 0.338 e. The summed E-state index contributed by atoms with van der Waals surface area (Å²) < 4.78 is 38.1. The van der Waals surface area contributed by atoms with E-state index in [-0.39, 0.29) is 22.3 Å². The van der Waals surface area contributed by atoms with Crippen molar-refractivity contribution in [3.63, 3.8) is 0 Å². The van der Waals surface area contributed by atoms with Crippen molar-refractivity contribution in [2.45, 2.75) is 30.7 Å². The molecule has 5 rings (SSSR count). The van der Waals surface area contributed by atoms with Crippen LogP contribution in [0.4, 0.5) is 0 Å². The lowest BCUT2D eigenvalue weighted by Gasteiger charge is -2.44. The monoisotopic (exact) mass is 922 g/mol. The van der Waals surface area contributed by atoms with Gasteiger partial charge in [-0.25, -0.2) is 19.2 Å². The molecule has 0 saturated carbocycles. The third-order valence-electron chi connectivity index (χ3n) is 7.25. The third-order valence-corrected chi connectivity index (χ3v) is 9.37. The Morgan fingerprint density at radius 2 is 0.837 bits per heavy atom. The van der Waals surface area contributed by atoms with Gasteiger partial charge in [0.05, 0.1) is 22.3 Å². The molecule has 1 aliphatic heterocycles. The zero-order chi connectivity index (χ0) is 35.1. The minimum Gasteiger partial charge on any atom is -0.459 e. The molecule has 1 heterocycles. The second kappa shape index (κ2) is 17.0. The van der Waals surface area contributed by atoms with Crippen LogP contribution in [0.25, 0.3) is 0 Å². The number of hydrogen-bond donors (Lipinski definition) is 0. The minimum absolute atomic E-state index is 0.165. The summed E-state index contributed by atoms with van der Waals surface area (Å²) >= 11 is 13.4. The summed E-state index contributed by atoms with van der Waals surface area (Å²) in [6.07, 6.45) is -6.98. The second-order valence-electron chi connectivity index (χ2n) is 10.5. The Bertz CT molecular complexity index is 1780. The number of carbonyl (C=O) groups is 4. The van der Waals surface area contributed by atoms with Crippen molar-refractivity contribution < 1.29 is 47.6 Å². The summed E-state index contributed by atoms with van der Waals surface area (Å²) in [4.78, 5) is 53.5. The number of esters is 4. The molecule has 14 heteroatoms. The molecule has 0 spiro atoms. The lowest BCUT2D eigenvalue weighted by Crippen LogP contribution is -2.63. The molecule has 4 aromatic carbocycles. The molecule has 4 aromatic rings. The van der Waals surface area contributed by atoms with Crippen LogP contribution in [0.3, 0.4) is 0 Å². The smallest absolute Gasteiger partial charge is 0.338 e. The van der Waals surface area contributed by atoms with E-state index >= 15 is 0 Å². The van der Waals surface area contributed by atoms with Crippen LogP contribution in [-0.2, 0) is 28.4 Å². The number of halogens is 4. The maximum absolute atomic E-state index is 13.6.